The van der Waals surface area contributed by atoms with E-state index in [0.29, 0.717) is 6.04 Å². The Morgan fingerprint density at radius 2 is 2.46 bits per heavy atom. The first kappa shape index (κ1) is 10.3. The Bertz CT molecular complexity index is 271. The van der Waals surface area contributed by atoms with E-state index < -0.39 is 0 Å². The van der Waals surface area contributed by atoms with Gasteiger partial charge in [0.05, 0.1) is 6.04 Å². The number of terminal acetylenes is 1. The van der Waals surface area contributed by atoms with E-state index in [1.165, 1.54) is 4.88 Å². The lowest BCUT2D eigenvalue weighted by Crippen LogP contribution is -2.29. The third kappa shape index (κ3) is 2.87. The summed E-state index contributed by atoms with van der Waals surface area (Å²) in [7, 11) is 0. The maximum Gasteiger partial charge on any atom is 0.0689 e. The average Bonchev–Trinajstić information content (AvgIpc) is 2.66. The molecule has 1 rings (SSSR count). The van der Waals surface area contributed by atoms with Crippen LogP contribution in [0.3, 0.4) is 0 Å². The van der Waals surface area contributed by atoms with Crippen molar-refractivity contribution < 1.29 is 0 Å². The van der Waals surface area contributed by atoms with Gasteiger partial charge in [-0.2, -0.15) is 0 Å². The molecule has 0 aromatic carbocycles. The number of hydrogen-bond donors (Lipinski definition) is 1. The summed E-state index contributed by atoms with van der Waals surface area (Å²) in [5.41, 5.74) is 0. The van der Waals surface area contributed by atoms with Gasteiger partial charge >= 0.3 is 0 Å². The Labute approximate surface area is 84.2 Å². The highest BCUT2D eigenvalue weighted by molar-refractivity contribution is 7.10. The average molecular weight is 193 g/mol. The van der Waals surface area contributed by atoms with E-state index in [1.807, 2.05) is 0 Å². The molecule has 1 nitrogen and oxygen atoms in total. The van der Waals surface area contributed by atoms with Crippen LogP contribution in [0.2, 0.25) is 0 Å². The van der Waals surface area contributed by atoms with Crippen molar-refractivity contribution in [1.82, 2.24) is 5.32 Å². The van der Waals surface area contributed by atoms with Gasteiger partial charge in [0.15, 0.2) is 0 Å². The lowest BCUT2D eigenvalue weighted by atomic mass is 10.2. The van der Waals surface area contributed by atoms with Crippen LogP contribution >= 0.6 is 11.3 Å². The van der Waals surface area contributed by atoms with E-state index in [4.69, 9.17) is 6.42 Å². The zero-order valence-corrected chi connectivity index (χ0v) is 8.90. The van der Waals surface area contributed by atoms with Crippen LogP contribution in [0.25, 0.3) is 0 Å². The fourth-order valence-corrected chi connectivity index (χ4v) is 1.95. The van der Waals surface area contributed by atoms with Crippen molar-refractivity contribution in [1.29, 1.82) is 0 Å². The zero-order valence-electron chi connectivity index (χ0n) is 8.08. The van der Waals surface area contributed by atoms with Gasteiger partial charge in [-0.3, -0.25) is 5.32 Å². The molecule has 0 aliphatic heterocycles. The highest BCUT2D eigenvalue weighted by atomic mass is 32.1. The summed E-state index contributed by atoms with van der Waals surface area (Å²) in [6.07, 6.45) is 6.35. The lowest BCUT2D eigenvalue weighted by Gasteiger charge is -2.16. The Kier molecular flexibility index (Phi) is 4.01. The molecular formula is C11H15NS. The molecule has 0 bridgehead atoms. The highest BCUT2D eigenvalue weighted by Gasteiger charge is 2.09. The molecule has 70 valence electrons. The number of nitrogens with one attached hydrogen (secondary N) is 1. The maximum atomic E-state index is 5.38. The summed E-state index contributed by atoms with van der Waals surface area (Å²) in [5, 5.41) is 5.48. The van der Waals surface area contributed by atoms with Crippen molar-refractivity contribution in [3.8, 4) is 12.3 Å². The van der Waals surface area contributed by atoms with Crippen LogP contribution in [0.1, 0.15) is 31.2 Å². The van der Waals surface area contributed by atoms with Gasteiger partial charge in [0.1, 0.15) is 0 Å². The highest BCUT2D eigenvalue weighted by Crippen LogP contribution is 2.18. The van der Waals surface area contributed by atoms with Gasteiger partial charge in [-0.25, -0.2) is 0 Å². The summed E-state index contributed by atoms with van der Waals surface area (Å²) in [6.45, 7) is 4.24. The third-order valence-corrected chi connectivity index (χ3v) is 3.09. The molecule has 1 heterocycles. The zero-order chi connectivity index (χ0) is 9.68. The predicted octanol–water partition coefficient (Wildman–Crippen LogP) is 2.81. The quantitative estimate of drug-likeness (QED) is 0.725. The molecule has 0 saturated heterocycles. The molecule has 0 aliphatic carbocycles. The van der Waals surface area contributed by atoms with E-state index in [-0.39, 0.29) is 6.04 Å². The van der Waals surface area contributed by atoms with Crippen LogP contribution in [0.5, 0.6) is 0 Å². The molecule has 1 N–H and O–H groups in total. The first-order valence-corrected chi connectivity index (χ1v) is 5.41. The first-order valence-electron chi connectivity index (χ1n) is 4.53. The van der Waals surface area contributed by atoms with Crippen LogP contribution in [0, 0.1) is 12.3 Å². The van der Waals surface area contributed by atoms with Crippen LogP contribution in [-0.4, -0.2) is 6.04 Å². The smallest absolute Gasteiger partial charge is 0.0689 e. The van der Waals surface area contributed by atoms with Crippen molar-refractivity contribution in [3.05, 3.63) is 22.4 Å². The minimum Gasteiger partial charge on any atom is -0.296 e. The molecule has 2 atom stereocenters. The Hall–Kier alpha value is -0.780. The van der Waals surface area contributed by atoms with Crippen molar-refractivity contribution in [3.63, 3.8) is 0 Å². The second kappa shape index (κ2) is 5.06. The summed E-state index contributed by atoms with van der Waals surface area (Å²) >= 11 is 1.76. The Balaban J connectivity index is 2.51. The van der Waals surface area contributed by atoms with Gasteiger partial charge in [-0.15, -0.1) is 17.8 Å². The van der Waals surface area contributed by atoms with Crippen LogP contribution < -0.4 is 5.32 Å². The van der Waals surface area contributed by atoms with Crippen molar-refractivity contribution in [2.45, 2.75) is 32.4 Å². The van der Waals surface area contributed by atoms with Gasteiger partial charge in [-0.1, -0.05) is 18.9 Å². The number of rotatable bonds is 4. The van der Waals surface area contributed by atoms with Crippen LogP contribution in [0.4, 0.5) is 0 Å². The molecule has 0 saturated carbocycles. The van der Waals surface area contributed by atoms with Gasteiger partial charge < -0.3 is 0 Å². The number of thiophene rings is 1. The SMILES string of the molecule is C#CC(CC)N[C@H](C)c1cccs1. The van der Waals surface area contributed by atoms with Gasteiger partial charge in [-0.05, 0) is 24.8 Å². The second-order valence-electron chi connectivity index (χ2n) is 3.03. The van der Waals surface area contributed by atoms with E-state index in [1.54, 1.807) is 11.3 Å². The summed E-state index contributed by atoms with van der Waals surface area (Å²) < 4.78 is 0. The van der Waals surface area contributed by atoms with Gasteiger partial charge in [0.25, 0.3) is 0 Å². The molecule has 0 amide bonds. The molecule has 0 spiro atoms. The Morgan fingerprint density at radius 3 is 2.92 bits per heavy atom. The molecule has 0 radical (unpaired) electrons. The third-order valence-electron chi connectivity index (χ3n) is 2.03. The lowest BCUT2D eigenvalue weighted by molar-refractivity contribution is 0.518. The summed E-state index contributed by atoms with van der Waals surface area (Å²) in [6, 6.07) is 4.75. The minimum atomic E-state index is 0.192. The summed E-state index contributed by atoms with van der Waals surface area (Å²) in [5.74, 6) is 2.74. The molecule has 13 heavy (non-hydrogen) atoms. The van der Waals surface area contributed by atoms with Gasteiger partial charge in [0, 0.05) is 10.9 Å². The molecule has 2 heteroatoms. The molecule has 1 aromatic rings. The van der Waals surface area contributed by atoms with Gasteiger partial charge in [0.2, 0.25) is 0 Å². The van der Waals surface area contributed by atoms with Crippen LogP contribution in [-0.2, 0) is 0 Å². The summed E-state index contributed by atoms with van der Waals surface area (Å²) in [4.78, 5) is 1.34. The molecule has 0 aliphatic rings. The van der Waals surface area contributed by atoms with E-state index >= 15 is 0 Å². The van der Waals surface area contributed by atoms with Crippen molar-refractivity contribution in [2.75, 3.05) is 0 Å². The largest absolute Gasteiger partial charge is 0.296 e. The maximum absolute atomic E-state index is 5.38. The standard InChI is InChI=1S/C11H15NS/c1-4-10(5-2)12-9(3)11-7-6-8-13-11/h1,6-10,12H,5H2,2-3H3/t9-,10?/m1/s1. The first-order chi connectivity index (χ1) is 6.27. The fraction of sp³-hybridized carbons (Fsp3) is 0.455. The topological polar surface area (TPSA) is 12.0 Å². The van der Waals surface area contributed by atoms with E-state index in [2.05, 4.69) is 42.6 Å². The molecular weight excluding hydrogens is 178 g/mol. The predicted molar refractivity (Wildman–Crippen MR) is 58.8 cm³/mol. The second-order valence-corrected chi connectivity index (χ2v) is 4.01. The van der Waals surface area contributed by atoms with E-state index in [9.17, 15) is 0 Å². The Morgan fingerprint density at radius 1 is 1.69 bits per heavy atom. The fourth-order valence-electron chi connectivity index (χ4n) is 1.21. The molecule has 0 fully saturated rings. The minimum absolute atomic E-state index is 0.192. The normalized spacial score (nSPS) is 14.8. The van der Waals surface area contributed by atoms with Crippen LogP contribution in [0.15, 0.2) is 17.5 Å². The molecule has 1 unspecified atom stereocenters. The number of hydrogen-bond acceptors (Lipinski definition) is 2. The molecule has 1 aromatic heterocycles. The monoisotopic (exact) mass is 193 g/mol. The van der Waals surface area contributed by atoms with Crippen molar-refractivity contribution >= 4 is 11.3 Å². The van der Waals surface area contributed by atoms with Crippen molar-refractivity contribution in [2.24, 2.45) is 0 Å². The van der Waals surface area contributed by atoms with E-state index in [0.717, 1.165) is 6.42 Å².